The van der Waals surface area contributed by atoms with Crippen LogP contribution < -0.4 is 10.5 Å². The van der Waals surface area contributed by atoms with E-state index in [1.807, 2.05) is 34.6 Å². The summed E-state index contributed by atoms with van der Waals surface area (Å²) >= 11 is 1.51. The quantitative estimate of drug-likeness (QED) is 0.540. The van der Waals surface area contributed by atoms with Gasteiger partial charge >= 0.3 is 5.97 Å². The molecule has 0 bridgehead atoms. The van der Waals surface area contributed by atoms with Crippen molar-refractivity contribution in [2.45, 2.75) is 53.6 Å². The number of fused-ring (bicyclic) bond motifs is 1. The summed E-state index contributed by atoms with van der Waals surface area (Å²) in [6.07, 6.45) is 1.68. The van der Waals surface area contributed by atoms with Crippen LogP contribution in [-0.2, 0) is 16.1 Å². The summed E-state index contributed by atoms with van der Waals surface area (Å²) in [7, 11) is 1.34. The van der Waals surface area contributed by atoms with Gasteiger partial charge in [0.2, 0.25) is 5.91 Å². The van der Waals surface area contributed by atoms with Crippen LogP contribution in [0, 0.1) is 20.8 Å². The summed E-state index contributed by atoms with van der Waals surface area (Å²) in [6.45, 7) is 9.87. The molecule has 3 aromatic rings. The molecule has 31 heavy (non-hydrogen) atoms. The normalized spacial score (nSPS) is 11.2. The van der Waals surface area contributed by atoms with E-state index in [1.165, 1.54) is 29.3 Å². The lowest BCUT2D eigenvalue weighted by atomic mass is 10.1. The van der Waals surface area contributed by atoms with Gasteiger partial charge in [-0.15, -0.1) is 11.3 Å². The van der Waals surface area contributed by atoms with Gasteiger partial charge in [-0.1, -0.05) is 0 Å². The van der Waals surface area contributed by atoms with Crippen LogP contribution in [0.5, 0.6) is 0 Å². The summed E-state index contributed by atoms with van der Waals surface area (Å²) in [5.41, 5.74) is 2.80. The number of benzene rings is 1. The molecule has 2 aromatic heterocycles. The highest BCUT2D eigenvalue weighted by molar-refractivity contribution is 7.18. The average Bonchev–Trinajstić information content (AvgIpc) is 3.02. The van der Waals surface area contributed by atoms with Gasteiger partial charge in [0.05, 0.1) is 24.4 Å². The van der Waals surface area contributed by atoms with E-state index in [0.717, 1.165) is 26.5 Å². The van der Waals surface area contributed by atoms with Crippen LogP contribution in [0.15, 0.2) is 29.3 Å². The first-order valence-corrected chi connectivity index (χ1v) is 10.9. The monoisotopic (exact) mass is 441 g/mol. The maximum Gasteiger partial charge on any atom is 0.337 e. The Morgan fingerprint density at radius 3 is 2.55 bits per heavy atom. The highest BCUT2D eigenvalue weighted by Crippen LogP contribution is 2.26. The molecule has 0 aliphatic carbocycles. The maximum absolute atomic E-state index is 13.1. The second-order valence-electron chi connectivity index (χ2n) is 7.81. The molecule has 0 aliphatic rings. The number of ether oxygens (including phenoxy) is 1. The predicted octanol–water partition coefficient (Wildman–Crippen LogP) is 4.00. The molecule has 0 spiro atoms. The molecule has 0 saturated heterocycles. The summed E-state index contributed by atoms with van der Waals surface area (Å²) < 4.78 is 6.27. The zero-order valence-electron chi connectivity index (χ0n) is 18.7. The Kier molecular flexibility index (Phi) is 6.59. The topological polar surface area (TPSA) is 81.5 Å². The molecular formula is C23H27N3O4S. The first-order valence-electron chi connectivity index (χ1n) is 10.1. The largest absolute Gasteiger partial charge is 0.465 e. The van der Waals surface area contributed by atoms with Gasteiger partial charge < -0.3 is 9.64 Å². The fourth-order valence-corrected chi connectivity index (χ4v) is 4.62. The van der Waals surface area contributed by atoms with Crippen molar-refractivity contribution in [3.8, 4) is 0 Å². The fourth-order valence-electron chi connectivity index (χ4n) is 3.64. The minimum atomic E-state index is -0.418. The standard InChI is InChI=1S/C23H27N3O4S/c1-13(2)26(18-8-7-17(11-14(18)3)23(29)30-6)19(27)9-10-25-12-24-21-20(22(25)28)15(4)16(5)31-21/h7-8,11-13H,9-10H2,1-6H3. The Morgan fingerprint density at radius 2 is 1.94 bits per heavy atom. The number of esters is 1. The van der Waals surface area contributed by atoms with Gasteiger partial charge in [0.25, 0.3) is 5.56 Å². The van der Waals surface area contributed by atoms with Crippen LogP contribution in [-0.4, -0.2) is 34.6 Å². The number of aryl methyl sites for hydroxylation is 4. The molecule has 164 valence electrons. The lowest BCUT2D eigenvalue weighted by Gasteiger charge is -2.29. The molecule has 2 heterocycles. The zero-order chi connectivity index (χ0) is 22.9. The summed E-state index contributed by atoms with van der Waals surface area (Å²) in [5, 5.41) is 0.632. The first-order chi connectivity index (χ1) is 14.6. The van der Waals surface area contributed by atoms with Gasteiger partial charge in [0.15, 0.2) is 0 Å². The molecule has 0 fully saturated rings. The number of methoxy groups -OCH3 is 1. The Labute approximate surface area is 185 Å². The van der Waals surface area contributed by atoms with Gasteiger partial charge in [-0.25, -0.2) is 9.78 Å². The molecule has 0 unspecified atom stereocenters. The van der Waals surface area contributed by atoms with Crippen molar-refractivity contribution in [3.63, 3.8) is 0 Å². The molecule has 0 N–H and O–H groups in total. The number of rotatable bonds is 6. The van der Waals surface area contributed by atoms with Crippen molar-refractivity contribution < 1.29 is 14.3 Å². The second kappa shape index (κ2) is 9.01. The Hall–Kier alpha value is -3.00. The Morgan fingerprint density at radius 1 is 1.23 bits per heavy atom. The van der Waals surface area contributed by atoms with Crippen molar-refractivity contribution >= 4 is 39.1 Å². The zero-order valence-corrected chi connectivity index (χ0v) is 19.5. The van der Waals surface area contributed by atoms with Crippen molar-refractivity contribution in [1.29, 1.82) is 0 Å². The van der Waals surface area contributed by atoms with E-state index < -0.39 is 5.97 Å². The van der Waals surface area contributed by atoms with Gasteiger partial charge in [-0.3, -0.25) is 14.2 Å². The third-order valence-electron chi connectivity index (χ3n) is 5.38. The SMILES string of the molecule is COC(=O)c1ccc(N(C(=O)CCn2cnc3sc(C)c(C)c3c2=O)C(C)C)c(C)c1. The van der Waals surface area contributed by atoms with Crippen molar-refractivity contribution in [1.82, 2.24) is 9.55 Å². The number of aromatic nitrogens is 2. The summed E-state index contributed by atoms with van der Waals surface area (Å²) in [6, 6.07) is 5.04. The highest BCUT2D eigenvalue weighted by atomic mass is 32.1. The lowest BCUT2D eigenvalue weighted by molar-refractivity contribution is -0.119. The minimum Gasteiger partial charge on any atom is -0.465 e. The molecule has 0 atom stereocenters. The van der Waals surface area contributed by atoms with Crippen LogP contribution in [0.25, 0.3) is 10.2 Å². The fraction of sp³-hybridized carbons (Fsp3) is 0.391. The molecule has 1 amide bonds. The number of anilines is 1. The van der Waals surface area contributed by atoms with Crippen molar-refractivity contribution in [2.75, 3.05) is 12.0 Å². The second-order valence-corrected chi connectivity index (χ2v) is 9.01. The van der Waals surface area contributed by atoms with Crippen LogP contribution in [0.2, 0.25) is 0 Å². The number of thiophene rings is 1. The minimum absolute atomic E-state index is 0.0886. The van der Waals surface area contributed by atoms with Crippen molar-refractivity contribution in [2.24, 2.45) is 0 Å². The molecular weight excluding hydrogens is 414 g/mol. The molecule has 7 nitrogen and oxygen atoms in total. The molecule has 0 radical (unpaired) electrons. The van der Waals surface area contributed by atoms with E-state index in [0.29, 0.717) is 10.9 Å². The number of hydrogen-bond acceptors (Lipinski definition) is 6. The third-order valence-corrected chi connectivity index (χ3v) is 6.50. The molecule has 0 aliphatic heterocycles. The van der Waals surface area contributed by atoms with E-state index in [2.05, 4.69) is 4.98 Å². The number of amides is 1. The smallest absolute Gasteiger partial charge is 0.337 e. The Balaban J connectivity index is 1.85. The first kappa shape index (κ1) is 22.7. The third kappa shape index (κ3) is 4.39. The molecule has 3 rings (SSSR count). The van der Waals surface area contributed by atoms with Crippen LogP contribution in [0.4, 0.5) is 5.69 Å². The summed E-state index contributed by atoms with van der Waals surface area (Å²) in [4.78, 5) is 45.7. The number of hydrogen-bond donors (Lipinski definition) is 0. The van der Waals surface area contributed by atoms with E-state index in [-0.39, 0.29) is 30.5 Å². The molecule has 8 heteroatoms. The van der Waals surface area contributed by atoms with Crippen LogP contribution in [0.3, 0.4) is 0 Å². The van der Waals surface area contributed by atoms with Crippen LogP contribution >= 0.6 is 11.3 Å². The predicted molar refractivity (Wildman–Crippen MR) is 123 cm³/mol. The average molecular weight is 442 g/mol. The van der Waals surface area contributed by atoms with E-state index in [9.17, 15) is 14.4 Å². The van der Waals surface area contributed by atoms with E-state index in [1.54, 1.807) is 23.1 Å². The number of carbonyl (C=O) groups is 2. The van der Waals surface area contributed by atoms with E-state index >= 15 is 0 Å². The molecule has 1 aromatic carbocycles. The number of carbonyl (C=O) groups excluding carboxylic acids is 2. The Bertz CT molecular complexity index is 1210. The summed E-state index contributed by atoms with van der Waals surface area (Å²) in [5.74, 6) is -0.521. The highest BCUT2D eigenvalue weighted by Gasteiger charge is 2.22. The van der Waals surface area contributed by atoms with Crippen LogP contribution in [0.1, 0.15) is 46.6 Å². The molecule has 0 saturated carbocycles. The van der Waals surface area contributed by atoms with Gasteiger partial charge in [-0.2, -0.15) is 0 Å². The van der Waals surface area contributed by atoms with Crippen molar-refractivity contribution in [3.05, 3.63) is 56.4 Å². The van der Waals surface area contributed by atoms with Gasteiger partial charge in [0.1, 0.15) is 4.83 Å². The maximum atomic E-state index is 13.1. The van der Waals surface area contributed by atoms with E-state index in [4.69, 9.17) is 4.74 Å². The van der Waals surface area contributed by atoms with Gasteiger partial charge in [-0.05, 0) is 63.9 Å². The van der Waals surface area contributed by atoms with Gasteiger partial charge in [0, 0.05) is 29.6 Å². The lowest BCUT2D eigenvalue weighted by Crippen LogP contribution is -2.38. The number of nitrogens with zero attached hydrogens (tertiary/aromatic N) is 3.